The number of carbonyl (C=O) groups is 1. The van der Waals surface area contributed by atoms with E-state index in [1.807, 2.05) is 37.3 Å². The van der Waals surface area contributed by atoms with Gasteiger partial charge < -0.3 is 4.74 Å². The quantitative estimate of drug-likeness (QED) is 0.675. The first-order valence-electron chi connectivity index (χ1n) is 8.97. The van der Waals surface area contributed by atoms with Crippen molar-refractivity contribution in [1.82, 2.24) is 0 Å². The Labute approximate surface area is 178 Å². The molecule has 2 aliphatic rings. The second-order valence-electron chi connectivity index (χ2n) is 7.61. The van der Waals surface area contributed by atoms with Gasteiger partial charge in [-0.25, -0.2) is 0 Å². The van der Waals surface area contributed by atoms with Crippen LogP contribution in [-0.4, -0.2) is 22.6 Å². The number of rotatable bonds is 3. The van der Waals surface area contributed by atoms with E-state index >= 15 is 0 Å². The molecule has 8 heteroatoms. The second-order valence-corrected chi connectivity index (χ2v) is 10.8. The fourth-order valence-electron chi connectivity index (χ4n) is 4.31. The van der Waals surface area contributed by atoms with E-state index in [1.165, 1.54) is 23.5 Å². The molecule has 0 saturated carbocycles. The smallest absolute Gasteiger partial charge is 0.313 e. The molecule has 0 aliphatic carbocycles. The fraction of sp³-hybridized carbons (Fsp3) is 0.476. The van der Waals surface area contributed by atoms with E-state index in [0.29, 0.717) is 11.3 Å². The maximum Gasteiger partial charge on any atom is 0.313 e. The van der Waals surface area contributed by atoms with Crippen LogP contribution in [0, 0.1) is 62.1 Å². The predicted molar refractivity (Wildman–Crippen MR) is 109 cm³/mol. The Morgan fingerprint density at radius 3 is 2.17 bits per heavy atom. The summed E-state index contributed by atoms with van der Waals surface area (Å²) in [6, 6.07) is 16.9. The van der Waals surface area contributed by atoms with Crippen molar-refractivity contribution in [3.05, 3.63) is 35.9 Å². The summed E-state index contributed by atoms with van der Waals surface area (Å²) < 4.78 is 3.35. The van der Waals surface area contributed by atoms with Gasteiger partial charge in [0.1, 0.15) is 10.00 Å². The van der Waals surface area contributed by atoms with Gasteiger partial charge in [-0.1, -0.05) is 30.3 Å². The highest BCUT2D eigenvalue weighted by atomic mass is 32.2. The zero-order valence-corrected chi connectivity index (χ0v) is 17.8. The summed E-state index contributed by atoms with van der Waals surface area (Å²) >= 11 is 2.67. The highest BCUT2D eigenvalue weighted by Crippen LogP contribution is 2.78. The van der Waals surface area contributed by atoms with Crippen molar-refractivity contribution in [2.24, 2.45) is 16.7 Å². The molecule has 6 nitrogen and oxygen atoms in total. The Morgan fingerprint density at radius 2 is 1.69 bits per heavy atom. The van der Waals surface area contributed by atoms with Crippen molar-refractivity contribution < 1.29 is 9.53 Å². The minimum absolute atomic E-state index is 0.390. The molecular formula is C21H18N4O2S2. The average molecular weight is 423 g/mol. The maximum atomic E-state index is 13.1. The molecule has 29 heavy (non-hydrogen) atoms. The third-order valence-corrected chi connectivity index (χ3v) is 9.65. The van der Waals surface area contributed by atoms with Crippen molar-refractivity contribution in [2.45, 2.75) is 35.7 Å². The first kappa shape index (κ1) is 21.1. The number of benzene rings is 1. The molecule has 1 aromatic rings. The summed E-state index contributed by atoms with van der Waals surface area (Å²) in [5.41, 5.74) is -3.61. The van der Waals surface area contributed by atoms with Crippen LogP contribution in [-0.2, 0) is 13.6 Å². The molecule has 0 spiro atoms. The van der Waals surface area contributed by atoms with Crippen molar-refractivity contribution >= 4 is 29.5 Å². The summed E-state index contributed by atoms with van der Waals surface area (Å²) in [5, 5.41) is 41.1. The first-order chi connectivity index (χ1) is 13.7. The number of nitrogens with zero attached hydrogens (tertiary/aromatic N) is 4. The van der Waals surface area contributed by atoms with Crippen LogP contribution >= 0.6 is 23.5 Å². The number of carbonyl (C=O) groups excluding carboxylic acids is 1. The monoisotopic (exact) mass is 422 g/mol. The molecule has 1 aromatic carbocycles. The molecule has 3 unspecified atom stereocenters. The normalized spacial score (nSPS) is 31.0. The Kier molecular flexibility index (Phi) is 5.08. The van der Waals surface area contributed by atoms with Gasteiger partial charge in [-0.05, 0) is 26.3 Å². The molecule has 0 N–H and O–H groups in total. The summed E-state index contributed by atoms with van der Waals surface area (Å²) in [7, 11) is 0. The van der Waals surface area contributed by atoms with E-state index in [-0.39, 0.29) is 0 Å². The van der Waals surface area contributed by atoms with Gasteiger partial charge in [0.25, 0.3) is 0 Å². The Hall–Kier alpha value is -2.65. The molecule has 2 aliphatic heterocycles. The van der Waals surface area contributed by atoms with Crippen molar-refractivity contribution in [3.63, 3.8) is 0 Å². The van der Waals surface area contributed by atoms with Crippen LogP contribution in [0.1, 0.15) is 26.3 Å². The number of nitriles is 4. The van der Waals surface area contributed by atoms with Gasteiger partial charge in [0.15, 0.2) is 5.41 Å². The van der Waals surface area contributed by atoms with Gasteiger partial charge in [-0.3, -0.25) is 4.79 Å². The van der Waals surface area contributed by atoms with Gasteiger partial charge in [0.05, 0.1) is 30.4 Å². The number of esters is 1. The zero-order valence-electron chi connectivity index (χ0n) is 16.2. The molecule has 146 valence electrons. The molecule has 0 aromatic heterocycles. The van der Waals surface area contributed by atoms with E-state index in [2.05, 4.69) is 0 Å². The molecule has 0 amide bonds. The lowest BCUT2D eigenvalue weighted by molar-refractivity contribution is -0.158. The molecular weight excluding hydrogens is 404 g/mol. The average Bonchev–Trinajstić information content (AvgIpc) is 3.04. The van der Waals surface area contributed by atoms with Crippen LogP contribution < -0.4 is 0 Å². The Morgan fingerprint density at radius 1 is 1.10 bits per heavy atom. The predicted octanol–water partition coefficient (Wildman–Crippen LogP) is 3.73. The van der Waals surface area contributed by atoms with E-state index in [1.54, 1.807) is 38.1 Å². The number of thioether (sulfide) groups is 2. The van der Waals surface area contributed by atoms with Crippen molar-refractivity contribution in [1.29, 1.82) is 21.0 Å². The lowest BCUT2D eigenvalue weighted by Crippen LogP contribution is -2.63. The molecule has 2 fully saturated rings. The van der Waals surface area contributed by atoms with Gasteiger partial charge in [-0.2, -0.15) is 21.0 Å². The lowest BCUT2D eigenvalue weighted by atomic mass is 9.54. The number of hydrogen-bond donors (Lipinski definition) is 0. The van der Waals surface area contributed by atoms with Gasteiger partial charge >= 0.3 is 5.97 Å². The first-order valence-corrected chi connectivity index (χ1v) is 10.8. The highest BCUT2D eigenvalue weighted by Gasteiger charge is 2.82. The SMILES string of the molecule is CC(C)OC(=O)C1C2(C)CSC(c3ccccc3)(S2)C(C#N)(C#N)C1(C#N)C#N. The lowest BCUT2D eigenvalue weighted by Gasteiger charge is -2.53. The zero-order chi connectivity index (χ0) is 21.5. The highest BCUT2D eigenvalue weighted by molar-refractivity contribution is 8.21. The van der Waals surface area contributed by atoms with Gasteiger partial charge in [0.2, 0.25) is 5.41 Å². The van der Waals surface area contributed by atoms with Crippen molar-refractivity contribution in [3.8, 4) is 24.3 Å². The maximum absolute atomic E-state index is 13.1. The van der Waals surface area contributed by atoms with Crippen LogP contribution in [0.15, 0.2) is 30.3 Å². The van der Waals surface area contributed by atoms with Crippen molar-refractivity contribution in [2.75, 3.05) is 5.75 Å². The molecule has 2 bridgehead atoms. The topological polar surface area (TPSA) is 121 Å². The fourth-order valence-corrected chi connectivity index (χ4v) is 8.84. The van der Waals surface area contributed by atoms with E-state index in [4.69, 9.17) is 4.74 Å². The minimum Gasteiger partial charge on any atom is -0.463 e. The largest absolute Gasteiger partial charge is 0.463 e. The number of ether oxygens (including phenoxy) is 1. The number of fused-ring (bicyclic) bond motifs is 2. The summed E-state index contributed by atoms with van der Waals surface area (Å²) in [6.45, 7) is 5.16. The summed E-state index contributed by atoms with van der Waals surface area (Å²) in [5.74, 6) is -1.58. The van der Waals surface area contributed by atoms with Crippen LogP contribution in [0.25, 0.3) is 0 Å². The molecule has 2 saturated heterocycles. The summed E-state index contributed by atoms with van der Waals surface area (Å²) in [6.07, 6.45) is -0.459. The van der Waals surface area contributed by atoms with Crippen LogP contribution in [0.3, 0.4) is 0 Å². The van der Waals surface area contributed by atoms with Gasteiger partial charge in [0, 0.05) is 10.5 Å². The van der Waals surface area contributed by atoms with Gasteiger partial charge in [-0.15, -0.1) is 23.5 Å². The van der Waals surface area contributed by atoms with Crippen LogP contribution in [0.2, 0.25) is 0 Å². The Bertz CT molecular complexity index is 986. The standard InChI is InChI=1S/C21H18N4O2S2/c1-14(2)27-17(26)16-18(3)13-28-21(29-18,15-7-5-4-6-8-15)20(11-24,12-25)19(16,9-22)10-23/h4-8,14,16H,13H2,1-3H3. The van der Waals surface area contributed by atoms with E-state index < -0.39 is 37.6 Å². The Balaban J connectivity index is 2.39. The minimum atomic E-state index is -2.19. The number of hydrogen-bond acceptors (Lipinski definition) is 8. The molecule has 3 rings (SSSR count). The third-order valence-electron chi connectivity index (χ3n) is 5.50. The molecule has 3 atom stereocenters. The summed E-state index contributed by atoms with van der Waals surface area (Å²) in [4.78, 5) is 13.1. The molecule has 2 heterocycles. The van der Waals surface area contributed by atoms with E-state index in [0.717, 1.165) is 0 Å². The third kappa shape index (κ3) is 2.50. The molecule has 0 radical (unpaired) electrons. The van der Waals surface area contributed by atoms with E-state index in [9.17, 15) is 25.8 Å². The van der Waals surface area contributed by atoms with Crippen LogP contribution in [0.4, 0.5) is 0 Å². The van der Waals surface area contributed by atoms with Crippen LogP contribution in [0.5, 0.6) is 0 Å². The second kappa shape index (κ2) is 7.00.